The first-order valence-electron chi connectivity index (χ1n) is 10.1. The molecule has 1 atom stereocenters. The quantitative estimate of drug-likeness (QED) is 0.696. The van der Waals surface area contributed by atoms with E-state index in [1.165, 1.54) is 9.71 Å². The number of carbonyl (C=O) groups excluding carboxylic acids is 1. The summed E-state index contributed by atoms with van der Waals surface area (Å²) < 4.78 is 26.7. The van der Waals surface area contributed by atoms with Crippen molar-refractivity contribution in [2.45, 2.75) is 25.7 Å². The number of hydrogen-bond donors (Lipinski definition) is 0. The highest BCUT2D eigenvalue weighted by Gasteiger charge is 2.31. The van der Waals surface area contributed by atoms with Crippen LogP contribution in [0.25, 0.3) is 6.08 Å². The lowest BCUT2D eigenvalue weighted by atomic mass is 9.93. The molecule has 1 aliphatic rings. The molecule has 1 fully saturated rings. The van der Waals surface area contributed by atoms with Crippen LogP contribution >= 0.6 is 0 Å². The second-order valence-electron chi connectivity index (χ2n) is 7.23. The fraction of sp³-hybridized carbons (Fsp3) is 0.348. The number of amides is 1. The monoisotopic (exact) mass is 412 g/mol. The van der Waals surface area contributed by atoms with E-state index in [0.717, 1.165) is 24.0 Å². The van der Waals surface area contributed by atoms with Gasteiger partial charge in [-0.3, -0.25) is 4.79 Å². The molecule has 0 bridgehead atoms. The molecule has 0 saturated carbocycles. The number of sulfonamides is 1. The van der Waals surface area contributed by atoms with Gasteiger partial charge in [-0.2, -0.15) is 4.31 Å². The molecule has 154 valence electrons. The van der Waals surface area contributed by atoms with Crippen molar-refractivity contribution in [2.75, 3.05) is 26.2 Å². The molecule has 0 radical (unpaired) electrons. The summed E-state index contributed by atoms with van der Waals surface area (Å²) in [5, 5.41) is 1.25. The molecule has 1 amide bonds. The number of rotatable bonds is 7. The molecule has 2 aromatic rings. The number of nitrogens with zero attached hydrogens (tertiary/aromatic N) is 2. The van der Waals surface area contributed by atoms with Crippen molar-refractivity contribution in [1.29, 1.82) is 0 Å². The van der Waals surface area contributed by atoms with Crippen LogP contribution in [0.1, 0.15) is 36.8 Å². The Kier molecular flexibility index (Phi) is 7.23. The van der Waals surface area contributed by atoms with E-state index in [4.69, 9.17) is 0 Å². The molecule has 1 saturated heterocycles. The molecule has 1 heterocycles. The maximum absolute atomic E-state index is 13.1. The minimum atomic E-state index is -3.50. The summed E-state index contributed by atoms with van der Waals surface area (Å²) in [6, 6.07) is 19.2. The van der Waals surface area contributed by atoms with Crippen LogP contribution in [0.4, 0.5) is 0 Å². The lowest BCUT2D eigenvalue weighted by Gasteiger charge is -2.35. The lowest BCUT2D eigenvalue weighted by Crippen LogP contribution is -2.51. The molecular formula is C23H28N2O3S. The minimum Gasteiger partial charge on any atom is -0.340 e. The van der Waals surface area contributed by atoms with Gasteiger partial charge in [0.2, 0.25) is 15.9 Å². The van der Waals surface area contributed by atoms with Gasteiger partial charge in [0.1, 0.15) is 0 Å². The predicted molar refractivity (Wildman–Crippen MR) is 117 cm³/mol. The summed E-state index contributed by atoms with van der Waals surface area (Å²) in [6.07, 6.45) is 3.32. The summed E-state index contributed by atoms with van der Waals surface area (Å²) >= 11 is 0. The molecule has 0 aliphatic carbocycles. The maximum atomic E-state index is 13.1. The van der Waals surface area contributed by atoms with Gasteiger partial charge in [-0.05, 0) is 23.6 Å². The Morgan fingerprint density at radius 1 is 0.966 bits per heavy atom. The first-order valence-corrected chi connectivity index (χ1v) is 11.6. The third-order valence-corrected chi connectivity index (χ3v) is 6.78. The topological polar surface area (TPSA) is 57.7 Å². The Morgan fingerprint density at radius 2 is 1.55 bits per heavy atom. The normalized spacial score (nSPS) is 16.8. The first-order chi connectivity index (χ1) is 14.0. The Labute approximate surface area is 173 Å². The van der Waals surface area contributed by atoms with Gasteiger partial charge in [-0.25, -0.2) is 8.42 Å². The van der Waals surface area contributed by atoms with Gasteiger partial charge in [0.25, 0.3) is 0 Å². The van der Waals surface area contributed by atoms with Crippen LogP contribution in [0.15, 0.2) is 66.1 Å². The molecule has 1 aliphatic heterocycles. The van der Waals surface area contributed by atoms with Gasteiger partial charge >= 0.3 is 0 Å². The fourth-order valence-corrected chi connectivity index (χ4v) is 4.78. The Bertz CT molecular complexity index is 919. The molecule has 5 nitrogen and oxygen atoms in total. The molecule has 0 spiro atoms. The average Bonchev–Trinajstić information content (AvgIpc) is 2.77. The molecule has 1 unspecified atom stereocenters. The molecule has 0 aromatic heterocycles. The van der Waals surface area contributed by atoms with Crippen molar-refractivity contribution in [1.82, 2.24) is 9.21 Å². The standard InChI is InChI=1S/C23H28N2O3S/c1-2-9-22(21-12-7-4-8-13-21)23(26)24-15-17-25(18-16-24)29(27,28)19-14-20-10-5-3-6-11-20/h3-8,10-14,19,22H,2,9,15-18H2,1H3. The molecule has 0 N–H and O–H groups in total. The lowest BCUT2D eigenvalue weighted by molar-refractivity contribution is -0.134. The maximum Gasteiger partial charge on any atom is 0.236 e. The Hall–Kier alpha value is -2.44. The van der Waals surface area contributed by atoms with Crippen LogP contribution in [0.3, 0.4) is 0 Å². The Balaban J connectivity index is 1.63. The van der Waals surface area contributed by atoms with Gasteiger partial charge in [0, 0.05) is 31.6 Å². The molecule has 2 aromatic carbocycles. The first kappa shape index (κ1) is 21.3. The highest BCUT2D eigenvalue weighted by Crippen LogP contribution is 2.25. The van der Waals surface area contributed by atoms with Gasteiger partial charge in [0.05, 0.1) is 5.92 Å². The third-order valence-electron chi connectivity index (χ3n) is 5.22. The fourth-order valence-electron chi connectivity index (χ4n) is 3.60. The highest BCUT2D eigenvalue weighted by molar-refractivity contribution is 7.92. The second-order valence-corrected chi connectivity index (χ2v) is 9.05. The van der Waals surface area contributed by atoms with Crippen LogP contribution in [0.2, 0.25) is 0 Å². The summed E-state index contributed by atoms with van der Waals surface area (Å²) in [6.45, 7) is 3.56. The van der Waals surface area contributed by atoms with Gasteiger partial charge in [-0.1, -0.05) is 74.0 Å². The van der Waals surface area contributed by atoms with Crippen LogP contribution in [-0.4, -0.2) is 49.7 Å². The van der Waals surface area contributed by atoms with Crippen molar-refractivity contribution in [3.8, 4) is 0 Å². The Morgan fingerprint density at radius 3 is 2.14 bits per heavy atom. The van der Waals surface area contributed by atoms with E-state index in [-0.39, 0.29) is 11.8 Å². The molecule has 3 rings (SSSR count). The van der Waals surface area contributed by atoms with Crippen LogP contribution in [0, 0.1) is 0 Å². The minimum absolute atomic E-state index is 0.0925. The zero-order valence-electron chi connectivity index (χ0n) is 16.8. The van der Waals surface area contributed by atoms with Crippen LogP contribution in [0.5, 0.6) is 0 Å². The summed E-state index contributed by atoms with van der Waals surface area (Å²) in [5.41, 5.74) is 1.87. The van der Waals surface area contributed by atoms with Gasteiger partial charge < -0.3 is 4.90 Å². The van der Waals surface area contributed by atoms with Crippen molar-refractivity contribution in [3.05, 3.63) is 77.2 Å². The zero-order chi connectivity index (χ0) is 20.7. The van der Waals surface area contributed by atoms with Gasteiger partial charge in [-0.15, -0.1) is 0 Å². The van der Waals surface area contributed by atoms with Crippen molar-refractivity contribution < 1.29 is 13.2 Å². The van der Waals surface area contributed by atoms with E-state index in [1.807, 2.05) is 60.7 Å². The zero-order valence-corrected chi connectivity index (χ0v) is 17.6. The van der Waals surface area contributed by atoms with Gasteiger partial charge in [0.15, 0.2) is 0 Å². The van der Waals surface area contributed by atoms with Crippen LogP contribution < -0.4 is 0 Å². The summed E-state index contributed by atoms with van der Waals surface area (Å²) in [4.78, 5) is 14.9. The number of carbonyl (C=O) groups is 1. The number of hydrogen-bond acceptors (Lipinski definition) is 3. The molecule has 6 heteroatoms. The largest absolute Gasteiger partial charge is 0.340 e. The van der Waals surface area contributed by atoms with Crippen LogP contribution in [-0.2, 0) is 14.8 Å². The van der Waals surface area contributed by atoms with E-state index in [0.29, 0.717) is 26.2 Å². The number of piperazine rings is 1. The predicted octanol–water partition coefficient (Wildman–Crippen LogP) is 3.72. The SMILES string of the molecule is CCCC(C(=O)N1CCN(S(=O)(=O)C=Cc2ccccc2)CC1)c1ccccc1. The van der Waals surface area contributed by atoms with Crippen molar-refractivity contribution in [2.24, 2.45) is 0 Å². The number of benzene rings is 2. The van der Waals surface area contributed by atoms with Crippen molar-refractivity contribution >= 4 is 22.0 Å². The molecule has 29 heavy (non-hydrogen) atoms. The molecular weight excluding hydrogens is 384 g/mol. The highest BCUT2D eigenvalue weighted by atomic mass is 32.2. The average molecular weight is 413 g/mol. The smallest absolute Gasteiger partial charge is 0.236 e. The van der Waals surface area contributed by atoms with Crippen molar-refractivity contribution in [3.63, 3.8) is 0 Å². The van der Waals surface area contributed by atoms with E-state index in [9.17, 15) is 13.2 Å². The third kappa shape index (κ3) is 5.55. The summed E-state index contributed by atoms with van der Waals surface area (Å²) in [7, 11) is -3.50. The van der Waals surface area contributed by atoms with E-state index < -0.39 is 10.0 Å². The second kappa shape index (κ2) is 9.85. The summed E-state index contributed by atoms with van der Waals surface area (Å²) in [5.74, 6) is -0.0720. The van der Waals surface area contributed by atoms with E-state index >= 15 is 0 Å². The van der Waals surface area contributed by atoms with E-state index in [1.54, 1.807) is 11.0 Å². The van der Waals surface area contributed by atoms with E-state index in [2.05, 4.69) is 6.92 Å².